The van der Waals surface area contributed by atoms with Crippen LogP contribution in [0, 0.1) is 0 Å². The third-order valence-corrected chi connectivity index (χ3v) is 4.13. The molecule has 16 heavy (non-hydrogen) atoms. The van der Waals surface area contributed by atoms with Crippen LogP contribution >= 0.6 is 27.3 Å². The average molecular weight is 296 g/mol. The summed E-state index contributed by atoms with van der Waals surface area (Å²) in [5.41, 5.74) is 1.33. The maximum Gasteiger partial charge on any atom is 0.0701 e. The maximum absolute atomic E-state index is 3.52. The zero-order valence-electron chi connectivity index (χ0n) is 9.11. The SMILES string of the molecule is CC(NCc1ccc(Br)s1)c1ccccc1. The Balaban J connectivity index is 1.91. The summed E-state index contributed by atoms with van der Waals surface area (Å²) in [5, 5.41) is 3.52. The molecule has 0 radical (unpaired) electrons. The topological polar surface area (TPSA) is 12.0 Å². The van der Waals surface area contributed by atoms with Crippen molar-refractivity contribution in [3.63, 3.8) is 0 Å². The molecule has 1 N–H and O–H groups in total. The van der Waals surface area contributed by atoms with Crippen molar-refractivity contribution in [3.8, 4) is 0 Å². The minimum absolute atomic E-state index is 0.391. The van der Waals surface area contributed by atoms with Gasteiger partial charge < -0.3 is 5.32 Å². The largest absolute Gasteiger partial charge is 0.305 e. The first-order valence-electron chi connectivity index (χ1n) is 5.28. The van der Waals surface area contributed by atoms with E-state index >= 15 is 0 Å². The fourth-order valence-corrected chi connectivity index (χ4v) is 2.99. The quantitative estimate of drug-likeness (QED) is 0.884. The highest BCUT2D eigenvalue weighted by Gasteiger charge is 2.04. The molecular formula is C13H14BrNS. The number of benzene rings is 1. The van der Waals surface area contributed by atoms with Crippen molar-refractivity contribution in [3.05, 3.63) is 56.7 Å². The smallest absolute Gasteiger partial charge is 0.0701 e. The van der Waals surface area contributed by atoms with Crippen LogP contribution < -0.4 is 5.32 Å². The molecule has 1 heterocycles. The molecule has 1 unspecified atom stereocenters. The van der Waals surface area contributed by atoms with Gasteiger partial charge in [0.1, 0.15) is 0 Å². The number of hydrogen-bond donors (Lipinski definition) is 1. The van der Waals surface area contributed by atoms with Gasteiger partial charge in [0.25, 0.3) is 0 Å². The summed E-state index contributed by atoms with van der Waals surface area (Å²) < 4.78 is 1.19. The normalized spacial score (nSPS) is 12.6. The average Bonchev–Trinajstić information content (AvgIpc) is 2.73. The Morgan fingerprint density at radius 1 is 1.19 bits per heavy atom. The van der Waals surface area contributed by atoms with E-state index in [1.54, 1.807) is 11.3 Å². The summed E-state index contributed by atoms with van der Waals surface area (Å²) in [6, 6.07) is 15.2. The molecule has 3 heteroatoms. The Kier molecular flexibility index (Phi) is 4.16. The van der Waals surface area contributed by atoms with Crippen molar-refractivity contribution in [2.45, 2.75) is 19.5 Å². The Morgan fingerprint density at radius 3 is 2.56 bits per heavy atom. The number of hydrogen-bond acceptors (Lipinski definition) is 2. The highest BCUT2D eigenvalue weighted by atomic mass is 79.9. The van der Waals surface area contributed by atoms with Gasteiger partial charge in [-0.05, 0) is 40.5 Å². The second-order valence-corrected chi connectivity index (χ2v) is 6.27. The van der Waals surface area contributed by atoms with E-state index in [-0.39, 0.29) is 0 Å². The monoisotopic (exact) mass is 295 g/mol. The van der Waals surface area contributed by atoms with Crippen LogP contribution in [0.15, 0.2) is 46.3 Å². The van der Waals surface area contributed by atoms with Gasteiger partial charge >= 0.3 is 0 Å². The first kappa shape index (κ1) is 11.8. The molecule has 0 spiro atoms. The zero-order chi connectivity index (χ0) is 11.4. The summed E-state index contributed by atoms with van der Waals surface area (Å²) >= 11 is 5.25. The summed E-state index contributed by atoms with van der Waals surface area (Å²) in [7, 11) is 0. The van der Waals surface area contributed by atoms with Crippen LogP contribution in [0.3, 0.4) is 0 Å². The van der Waals surface area contributed by atoms with Crippen molar-refractivity contribution in [1.29, 1.82) is 0 Å². The van der Waals surface area contributed by atoms with Crippen molar-refractivity contribution < 1.29 is 0 Å². The number of rotatable bonds is 4. The van der Waals surface area contributed by atoms with E-state index in [2.05, 4.69) is 64.6 Å². The van der Waals surface area contributed by atoms with E-state index in [0.29, 0.717) is 6.04 Å². The van der Waals surface area contributed by atoms with Crippen molar-refractivity contribution in [2.24, 2.45) is 0 Å². The molecule has 0 aliphatic heterocycles. The molecule has 1 aromatic carbocycles. The predicted octanol–water partition coefficient (Wildman–Crippen LogP) is 4.36. The molecule has 0 aliphatic rings. The molecule has 0 saturated heterocycles. The molecule has 0 aliphatic carbocycles. The van der Waals surface area contributed by atoms with Crippen LogP contribution in [0.25, 0.3) is 0 Å². The molecule has 84 valence electrons. The van der Waals surface area contributed by atoms with E-state index in [1.807, 2.05) is 6.07 Å². The minimum atomic E-state index is 0.391. The van der Waals surface area contributed by atoms with Gasteiger partial charge in [-0.1, -0.05) is 30.3 Å². The molecule has 2 aromatic rings. The number of halogens is 1. The second kappa shape index (κ2) is 5.62. The molecule has 0 fully saturated rings. The van der Waals surface area contributed by atoms with E-state index in [1.165, 1.54) is 14.2 Å². The molecule has 1 aromatic heterocycles. The van der Waals surface area contributed by atoms with E-state index < -0.39 is 0 Å². The van der Waals surface area contributed by atoms with Crippen LogP contribution in [0.4, 0.5) is 0 Å². The lowest BCUT2D eigenvalue weighted by Gasteiger charge is -2.13. The summed E-state index contributed by atoms with van der Waals surface area (Å²) in [6.45, 7) is 3.12. The third-order valence-electron chi connectivity index (χ3n) is 2.51. The van der Waals surface area contributed by atoms with Crippen LogP contribution in [0.1, 0.15) is 23.4 Å². The van der Waals surface area contributed by atoms with Gasteiger partial charge in [0.2, 0.25) is 0 Å². The van der Waals surface area contributed by atoms with Gasteiger partial charge in [0.15, 0.2) is 0 Å². The van der Waals surface area contributed by atoms with Crippen molar-refractivity contribution in [1.82, 2.24) is 5.32 Å². The zero-order valence-corrected chi connectivity index (χ0v) is 11.5. The van der Waals surface area contributed by atoms with Gasteiger partial charge in [-0.25, -0.2) is 0 Å². The molecule has 0 saturated carbocycles. The summed E-state index contributed by atoms with van der Waals surface area (Å²) in [5.74, 6) is 0. The van der Waals surface area contributed by atoms with Crippen LogP contribution in [0.5, 0.6) is 0 Å². The molecule has 0 amide bonds. The van der Waals surface area contributed by atoms with Crippen molar-refractivity contribution >= 4 is 27.3 Å². The van der Waals surface area contributed by atoms with Crippen molar-refractivity contribution in [2.75, 3.05) is 0 Å². The minimum Gasteiger partial charge on any atom is -0.305 e. The fourth-order valence-electron chi connectivity index (χ4n) is 1.56. The summed E-state index contributed by atoms with van der Waals surface area (Å²) in [4.78, 5) is 1.36. The number of thiophene rings is 1. The van der Waals surface area contributed by atoms with Gasteiger partial charge in [0.05, 0.1) is 3.79 Å². The lowest BCUT2D eigenvalue weighted by molar-refractivity contribution is 0.579. The Morgan fingerprint density at radius 2 is 1.94 bits per heavy atom. The molecular weight excluding hydrogens is 282 g/mol. The van der Waals surface area contributed by atoms with Gasteiger partial charge in [-0.3, -0.25) is 0 Å². The van der Waals surface area contributed by atoms with Gasteiger partial charge in [0, 0.05) is 17.5 Å². The molecule has 1 nitrogen and oxygen atoms in total. The predicted molar refractivity (Wildman–Crippen MR) is 73.7 cm³/mol. The second-order valence-electron chi connectivity index (χ2n) is 3.72. The molecule has 2 rings (SSSR count). The summed E-state index contributed by atoms with van der Waals surface area (Å²) in [6.07, 6.45) is 0. The first-order valence-corrected chi connectivity index (χ1v) is 6.89. The first-order chi connectivity index (χ1) is 7.75. The van der Waals surface area contributed by atoms with E-state index in [0.717, 1.165) is 6.54 Å². The third kappa shape index (κ3) is 3.17. The van der Waals surface area contributed by atoms with Crippen LogP contribution in [-0.2, 0) is 6.54 Å². The van der Waals surface area contributed by atoms with Gasteiger partial charge in [-0.2, -0.15) is 0 Å². The highest BCUT2D eigenvalue weighted by Crippen LogP contribution is 2.22. The Labute approximate surface area is 109 Å². The lowest BCUT2D eigenvalue weighted by Crippen LogP contribution is -2.17. The standard InChI is InChI=1S/C13H14BrNS/c1-10(11-5-3-2-4-6-11)15-9-12-7-8-13(14)16-12/h2-8,10,15H,9H2,1H3. The van der Waals surface area contributed by atoms with Crippen LogP contribution in [0.2, 0.25) is 0 Å². The van der Waals surface area contributed by atoms with E-state index in [4.69, 9.17) is 0 Å². The van der Waals surface area contributed by atoms with Gasteiger partial charge in [-0.15, -0.1) is 11.3 Å². The lowest BCUT2D eigenvalue weighted by atomic mass is 10.1. The Bertz CT molecular complexity index is 438. The van der Waals surface area contributed by atoms with Crippen LogP contribution in [-0.4, -0.2) is 0 Å². The fraction of sp³-hybridized carbons (Fsp3) is 0.231. The molecule has 0 bridgehead atoms. The maximum atomic E-state index is 3.52. The number of nitrogens with one attached hydrogen (secondary N) is 1. The highest BCUT2D eigenvalue weighted by molar-refractivity contribution is 9.11. The Hall–Kier alpha value is -0.640. The van der Waals surface area contributed by atoms with E-state index in [9.17, 15) is 0 Å². The molecule has 1 atom stereocenters.